The molecule has 33 heavy (non-hydrogen) atoms. The molecule has 3 aliphatic rings. The van der Waals surface area contributed by atoms with E-state index in [1.54, 1.807) is 0 Å². The van der Waals surface area contributed by atoms with Crippen molar-refractivity contribution in [3.8, 4) is 11.1 Å². The molecule has 0 saturated carbocycles. The second-order valence-corrected chi connectivity index (χ2v) is 9.89. The quantitative estimate of drug-likeness (QED) is 0.597. The number of hydrogen-bond acceptors (Lipinski definition) is 6. The van der Waals surface area contributed by atoms with Crippen LogP contribution in [0.5, 0.6) is 0 Å². The molecule has 2 aromatic rings. The molecular weight excluding hydrogens is 438 g/mol. The molecule has 0 aromatic heterocycles. The van der Waals surface area contributed by atoms with Crippen molar-refractivity contribution in [1.29, 1.82) is 0 Å². The predicted molar refractivity (Wildman–Crippen MR) is 128 cm³/mol. The van der Waals surface area contributed by atoms with Gasteiger partial charge in [0.1, 0.15) is 0 Å². The van der Waals surface area contributed by atoms with Gasteiger partial charge in [0.25, 0.3) is 5.91 Å². The Morgan fingerprint density at radius 1 is 0.909 bits per heavy atom. The van der Waals surface area contributed by atoms with Gasteiger partial charge in [-0.15, -0.1) is 5.17 Å². The first-order chi connectivity index (χ1) is 15.9. The van der Waals surface area contributed by atoms with E-state index in [0.717, 1.165) is 36.3 Å². The molecule has 7 nitrogen and oxygen atoms in total. The number of allylic oxidation sites excluding steroid dienone is 1. The van der Waals surface area contributed by atoms with Gasteiger partial charge in [-0.05, 0) is 60.1 Å². The van der Waals surface area contributed by atoms with Gasteiger partial charge in [0, 0.05) is 54.6 Å². The van der Waals surface area contributed by atoms with Crippen molar-refractivity contribution in [3.63, 3.8) is 0 Å². The maximum Gasteiger partial charge on any atom is 0.253 e. The Kier molecular flexibility index (Phi) is 6.05. The number of hydrazine groups is 1. The zero-order chi connectivity index (χ0) is 23.1. The number of hydroxylamine groups is 1. The molecule has 2 aliphatic heterocycles. The molecule has 0 bridgehead atoms. The van der Waals surface area contributed by atoms with Gasteiger partial charge in [0.15, 0.2) is 0 Å². The summed E-state index contributed by atoms with van der Waals surface area (Å²) >= 11 is 5.97. The lowest BCUT2D eigenvalue weighted by Gasteiger charge is -2.36. The average molecular weight is 468 g/mol. The number of rotatable bonds is 4. The molecule has 2 saturated heterocycles. The van der Waals surface area contributed by atoms with Gasteiger partial charge in [-0.25, -0.2) is 5.01 Å². The molecule has 0 spiro atoms. The van der Waals surface area contributed by atoms with E-state index in [1.807, 2.05) is 58.4 Å². The number of hydrogen-bond donors (Lipinski definition) is 3. The van der Waals surface area contributed by atoms with Crippen molar-refractivity contribution < 1.29 is 10.0 Å². The summed E-state index contributed by atoms with van der Waals surface area (Å²) < 4.78 is 0. The highest BCUT2D eigenvalue weighted by Crippen LogP contribution is 2.34. The van der Waals surface area contributed by atoms with Gasteiger partial charge < -0.3 is 16.4 Å². The first kappa shape index (κ1) is 22.2. The van der Waals surface area contributed by atoms with Gasteiger partial charge in [-0.3, -0.25) is 10.0 Å². The SMILES string of the molecule is NC1=C(N)C[C@H](N(O)N2CC3CN(C(=O)c4ccc(-c5ccc(Cl)cc5)cc4)CC3C2)CC1. The van der Waals surface area contributed by atoms with Crippen molar-refractivity contribution in [2.75, 3.05) is 26.2 Å². The molecule has 2 unspecified atom stereocenters. The van der Waals surface area contributed by atoms with Gasteiger partial charge >= 0.3 is 0 Å². The lowest BCUT2D eigenvalue weighted by molar-refractivity contribution is -0.268. The van der Waals surface area contributed by atoms with Crippen molar-refractivity contribution >= 4 is 17.5 Å². The normalized spacial score (nSPS) is 25.7. The molecule has 1 amide bonds. The van der Waals surface area contributed by atoms with Crippen LogP contribution in [0.2, 0.25) is 5.02 Å². The summed E-state index contributed by atoms with van der Waals surface area (Å²) in [5.41, 5.74) is 16.2. The first-order valence-corrected chi connectivity index (χ1v) is 11.9. The fourth-order valence-electron chi connectivity index (χ4n) is 5.33. The minimum Gasteiger partial charge on any atom is -0.401 e. The number of halogens is 1. The van der Waals surface area contributed by atoms with Crippen LogP contribution < -0.4 is 11.5 Å². The zero-order valence-corrected chi connectivity index (χ0v) is 19.3. The Labute approximate surface area is 199 Å². The third-order valence-corrected chi connectivity index (χ3v) is 7.55. The van der Waals surface area contributed by atoms with Crippen molar-refractivity contribution in [1.82, 2.24) is 15.1 Å². The molecule has 5 N–H and O–H groups in total. The van der Waals surface area contributed by atoms with E-state index in [2.05, 4.69) is 0 Å². The third-order valence-electron chi connectivity index (χ3n) is 7.29. The zero-order valence-electron chi connectivity index (χ0n) is 18.5. The van der Waals surface area contributed by atoms with Crippen LogP contribution in [-0.4, -0.2) is 58.4 Å². The Hall–Kier alpha value is -2.58. The van der Waals surface area contributed by atoms with Crippen LogP contribution in [0.25, 0.3) is 11.1 Å². The van der Waals surface area contributed by atoms with Crippen LogP contribution >= 0.6 is 11.6 Å². The predicted octanol–water partition coefficient (Wildman–Crippen LogP) is 3.30. The molecule has 174 valence electrons. The Morgan fingerprint density at radius 3 is 2.06 bits per heavy atom. The van der Waals surface area contributed by atoms with Crippen LogP contribution in [0.1, 0.15) is 29.6 Å². The number of nitrogens with zero attached hydrogens (tertiary/aromatic N) is 3. The topological polar surface area (TPSA) is 99.1 Å². The minimum absolute atomic E-state index is 0.0342. The van der Waals surface area contributed by atoms with Crippen LogP contribution in [0.15, 0.2) is 59.9 Å². The van der Waals surface area contributed by atoms with Crippen molar-refractivity contribution in [2.24, 2.45) is 23.3 Å². The number of benzene rings is 2. The molecule has 2 aromatic carbocycles. The molecule has 8 heteroatoms. The summed E-state index contributed by atoms with van der Waals surface area (Å²) in [6.07, 6.45) is 2.10. The van der Waals surface area contributed by atoms with E-state index < -0.39 is 0 Å². The number of carbonyl (C=O) groups excluding carboxylic acids is 1. The lowest BCUT2D eigenvalue weighted by Crippen LogP contribution is -2.48. The maximum atomic E-state index is 13.1. The summed E-state index contributed by atoms with van der Waals surface area (Å²) in [5, 5.41) is 14.9. The van der Waals surface area contributed by atoms with Crippen molar-refractivity contribution in [3.05, 3.63) is 70.5 Å². The number of amides is 1. The molecule has 5 rings (SSSR count). The van der Waals surface area contributed by atoms with Crippen LogP contribution in [-0.2, 0) is 0 Å². The first-order valence-electron chi connectivity index (χ1n) is 11.5. The largest absolute Gasteiger partial charge is 0.401 e. The van der Waals surface area contributed by atoms with E-state index >= 15 is 0 Å². The molecule has 0 radical (unpaired) electrons. The monoisotopic (exact) mass is 467 g/mol. The number of likely N-dealkylation sites (tertiary alicyclic amines) is 1. The third kappa shape index (κ3) is 4.46. The van der Waals surface area contributed by atoms with Crippen LogP contribution in [0.3, 0.4) is 0 Å². The Balaban J connectivity index is 1.18. The summed E-state index contributed by atoms with van der Waals surface area (Å²) in [6, 6.07) is 15.4. The van der Waals surface area contributed by atoms with E-state index in [0.29, 0.717) is 54.1 Å². The summed E-state index contributed by atoms with van der Waals surface area (Å²) in [7, 11) is 0. The Morgan fingerprint density at radius 2 is 1.48 bits per heavy atom. The standard InChI is InChI=1S/C25H30ClN5O2/c26-21-7-5-17(6-8-21)16-1-3-18(4-2-16)25(32)29-12-19-14-30(15-20(19)13-29)31(33)22-9-10-23(27)24(28)11-22/h1-8,19-20,22,33H,9-15,27-28H2/t19?,20?,22-/m1/s1. The van der Waals surface area contributed by atoms with Crippen LogP contribution in [0.4, 0.5) is 0 Å². The van der Waals surface area contributed by atoms with E-state index in [1.165, 1.54) is 5.17 Å². The highest BCUT2D eigenvalue weighted by molar-refractivity contribution is 6.30. The second kappa shape index (κ2) is 8.99. The number of carbonyl (C=O) groups is 1. The summed E-state index contributed by atoms with van der Waals surface area (Å²) in [4.78, 5) is 15.1. The number of nitrogens with two attached hydrogens (primary N) is 2. The second-order valence-electron chi connectivity index (χ2n) is 9.45. The number of fused-ring (bicyclic) bond motifs is 1. The van der Waals surface area contributed by atoms with E-state index in [-0.39, 0.29) is 11.9 Å². The van der Waals surface area contributed by atoms with E-state index in [4.69, 9.17) is 23.1 Å². The summed E-state index contributed by atoms with van der Waals surface area (Å²) in [6.45, 7) is 2.92. The maximum absolute atomic E-state index is 13.1. The average Bonchev–Trinajstić information content (AvgIpc) is 3.40. The van der Waals surface area contributed by atoms with Gasteiger partial charge in [0.05, 0.1) is 6.04 Å². The molecule has 2 fully saturated rings. The minimum atomic E-state index is -0.0342. The van der Waals surface area contributed by atoms with Gasteiger partial charge in [-0.2, -0.15) is 0 Å². The van der Waals surface area contributed by atoms with E-state index in [9.17, 15) is 10.0 Å². The molecular formula is C25H30ClN5O2. The lowest BCUT2D eigenvalue weighted by atomic mass is 9.97. The summed E-state index contributed by atoms with van der Waals surface area (Å²) in [5.74, 6) is 0.789. The fraction of sp³-hybridized carbons (Fsp3) is 0.400. The smallest absolute Gasteiger partial charge is 0.253 e. The van der Waals surface area contributed by atoms with Crippen LogP contribution in [0, 0.1) is 11.8 Å². The highest BCUT2D eigenvalue weighted by atomic mass is 35.5. The molecule has 3 atom stereocenters. The highest BCUT2D eigenvalue weighted by Gasteiger charge is 2.44. The fourth-order valence-corrected chi connectivity index (χ4v) is 5.46. The van der Waals surface area contributed by atoms with Crippen molar-refractivity contribution in [2.45, 2.75) is 25.3 Å². The molecule has 1 aliphatic carbocycles. The van der Waals surface area contributed by atoms with Gasteiger partial charge in [0.2, 0.25) is 0 Å². The van der Waals surface area contributed by atoms with Gasteiger partial charge in [-0.1, -0.05) is 35.9 Å². The Bertz CT molecular complexity index is 1040. The molecule has 2 heterocycles.